The fourth-order valence-corrected chi connectivity index (χ4v) is 3.15. The SMILES string of the molecule is COc1ccc(CC(C)(C#N)NC2CCCCCC2)cc1. The van der Waals surface area contributed by atoms with E-state index in [1.165, 1.54) is 44.1 Å². The zero-order chi connectivity index (χ0) is 15.1. The summed E-state index contributed by atoms with van der Waals surface area (Å²) in [6.45, 7) is 2.02. The lowest BCUT2D eigenvalue weighted by atomic mass is 9.92. The van der Waals surface area contributed by atoms with Gasteiger partial charge in [0, 0.05) is 12.5 Å². The first-order valence-corrected chi connectivity index (χ1v) is 7.97. The largest absolute Gasteiger partial charge is 0.497 e. The van der Waals surface area contributed by atoms with Crippen LogP contribution in [0.3, 0.4) is 0 Å². The van der Waals surface area contributed by atoms with Gasteiger partial charge in [-0.3, -0.25) is 5.32 Å². The normalized spacial score (nSPS) is 19.3. The molecule has 1 N–H and O–H groups in total. The number of hydrogen-bond acceptors (Lipinski definition) is 3. The molecular formula is C18H26N2O. The smallest absolute Gasteiger partial charge is 0.118 e. The molecule has 114 valence electrons. The summed E-state index contributed by atoms with van der Waals surface area (Å²) >= 11 is 0. The Labute approximate surface area is 128 Å². The fourth-order valence-electron chi connectivity index (χ4n) is 3.15. The molecule has 2 rings (SSSR count). The van der Waals surface area contributed by atoms with Crippen LogP contribution in [0.5, 0.6) is 5.75 Å². The van der Waals surface area contributed by atoms with Gasteiger partial charge in [0.15, 0.2) is 0 Å². The Morgan fingerprint density at radius 1 is 1.19 bits per heavy atom. The van der Waals surface area contributed by atoms with Crippen molar-refractivity contribution >= 4 is 0 Å². The number of benzene rings is 1. The summed E-state index contributed by atoms with van der Waals surface area (Å²) in [5.74, 6) is 0.856. The van der Waals surface area contributed by atoms with Crippen LogP contribution in [0.25, 0.3) is 0 Å². The number of nitrogens with zero attached hydrogens (tertiary/aromatic N) is 1. The highest BCUT2D eigenvalue weighted by atomic mass is 16.5. The molecule has 3 heteroatoms. The lowest BCUT2D eigenvalue weighted by Crippen LogP contribution is -2.48. The van der Waals surface area contributed by atoms with Crippen LogP contribution < -0.4 is 10.1 Å². The lowest BCUT2D eigenvalue weighted by molar-refractivity contribution is 0.348. The van der Waals surface area contributed by atoms with Gasteiger partial charge >= 0.3 is 0 Å². The molecule has 1 aliphatic rings. The predicted octanol–water partition coefficient (Wildman–Crippen LogP) is 3.83. The van der Waals surface area contributed by atoms with Crippen LogP contribution in [0.4, 0.5) is 0 Å². The second kappa shape index (κ2) is 7.47. The maximum atomic E-state index is 9.61. The van der Waals surface area contributed by atoms with E-state index in [-0.39, 0.29) is 0 Å². The van der Waals surface area contributed by atoms with E-state index in [1.807, 2.05) is 31.2 Å². The maximum absolute atomic E-state index is 9.61. The highest BCUT2D eigenvalue weighted by molar-refractivity contribution is 5.29. The average Bonchev–Trinajstić information content (AvgIpc) is 2.76. The molecule has 1 fully saturated rings. The maximum Gasteiger partial charge on any atom is 0.118 e. The molecule has 1 unspecified atom stereocenters. The molecular weight excluding hydrogens is 260 g/mol. The summed E-state index contributed by atoms with van der Waals surface area (Å²) in [4.78, 5) is 0. The summed E-state index contributed by atoms with van der Waals surface area (Å²) in [5.41, 5.74) is 0.671. The van der Waals surface area contributed by atoms with Gasteiger partial charge < -0.3 is 4.74 Å². The van der Waals surface area contributed by atoms with Crippen molar-refractivity contribution < 1.29 is 4.74 Å². The Morgan fingerprint density at radius 3 is 2.33 bits per heavy atom. The Morgan fingerprint density at radius 2 is 1.81 bits per heavy atom. The van der Waals surface area contributed by atoms with E-state index < -0.39 is 5.54 Å². The van der Waals surface area contributed by atoms with E-state index in [9.17, 15) is 5.26 Å². The van der Waals surface area contributed by atoms with Crippen molar-refractivity contribution in [3.8, 4) is 11.8 Å². The Kier molecular flexibility index (Phi) is 5.64. The Bertz CT molecular complexity index is 469. The molecule has 3 nitrogen and oxygen atoms in total. The van der Waals surface area contributed by atoms with Gasteiger partial charge in [-0.25, -0.2) is 0 Å². The third kappa shape index (κ3) is 4.75. The van der Waals surface area contributed by atoms with Gasteiger partial charge in [0.1, 0.15) is 11.3 Å². The average molecular weight is 286 g/mol. The van der Waals surface area contributed by atoms with E-state index >= 15 is 0 Å². The molecule has 0 amide bonds. The van der Waals surface area contributed by atoms with Crippen LogP contribution in [0.2, 0.25) is 0 Å². The fraction of sp³-hybridized carbons (Fsp3) is 0.611. The van der Waals surface area contributed by atoms with Gasteiger partial charge in [0.05, 0.1) is 13.2 Å². The van der Waals surface area contributed by atoms with Crippen molar-refractivity contribution in [1.82, 2.24) is 5.32 Å². The predicted molar refractivity (Wildman–Crippen MR) is 85.3 cm³/mol. The molecule has 0 radical (unpaired) electrons. The molecule has 1 aliphatic carbocycles. The molecule has 1 aromatic rings. The van der Waals surface area contributed by atoms with Gasteiger partial charge in [-0.15, -0.1) is 0 Å². The third-order valence-corrected chi connectivity index (χ3v) is 4.34. The van der Waals surface area contributed by atoms with E-state index in [4.69, 9.17) is 4.74 Å². The topological polar surface area (TPSA) is 45.0 Å². The number of nitrogens with one attached hydrogen (secondary N) is 1. The van der Waals surface area contributed by atoms with Gasteiger partial charge in [0.25, 0.3) is 0 Å². The molecule has 0 saturated heterocycles. The van der Waals surface area contributed by atoms with Gasteiger partial charge in [0.2, 0.25) is 0 Å². The Balaban J connectivity index is 2.00. The first-order chi connectivity index (χ1) is 10.1. The monoisotopic (exact) mass is 286 g/mol. The summed E-state index contributed by atoms with van der Waals surface area (Å²) in [7, 11) is 1.67. The first-order valence-electron chi connectivity index (χ1n) is 7.97. The number of rotatable bonds is 5. The number of methoxy groups -OCH3 is 1. The minimum absolute atomic E-state index is 0.482. The molecule has 0 bridgehead atoms. The van der Waals surface area contributed by atoms with E-state index in [0.29, 0.717) is 6.04 Å². The third-order valence-electron chi connectivity index (χ3n) is 4.34. The quantitative estimate of drug-likeness (QED) is 0.837. The van der Waals surface area contributed by atoms with Crippen LogP contribution >= 0.6 is 0 Å². The summed E-state index contributed by atoms with van der Waals surface area (Å²) < 4.78 is 5.18. The van der Waals surface area contributed by atoms with Crippen LogP contribution in [-0.2, 0) is 6.42 Å². The van der Waals surface area contributed by atoms with E-state index in [2.05, 4.69) is 11.4 Å². The number of nitriles is 1. The van der Waals surface area contributed by atoms with E-state index in [1.54, 1.807) is 7.11 Å². The summed E-state index contributed by atoms with van der Waals surface area (Å²) in [5, 5.41) is 13.2. The van der Waals surface area contributed by atoms with Crippen LogP contribution in [-0.4, -0.2) is 18.7 Å². The standard InChI is InChI=1S/C18H26N2O/c1-18(14-19,20-16-7-5-3-4-6-8-16)13-15-9-11-17(21-2)12-10-15/h9-12,16,20H,3-8,13H2,1-2H3. The summed E-state index contributed by atoms with van der Waals surface area (Å²) in [6, 6.07) is 11.0. The van der Waals surface area contributed by atoms with Crippen LogP contribution in [0.15, 0.2) is 24.3 Å². The van der Waals surface area contributed by atoms with Crippen molar-refractivity contribution in [2.75, 3.05) is 7.11 Å². The molecule has 0 aromatic heterocycles. The Hall–Kier alpha value is -1.53. The van der Waals surface area contributed by atoms with Crippen molar-refractivity contribution in [2.24, 2.45) is 0 Å². The molecule has 0 spiro atoms. The molecule has 0 heterocycles. The molecule has 1 saturated carbocycles. The minimum Gasteiger partial charge on any atom is -0.497 e. The molecule has 21 heavy (non-hydrogen) atoms. The zero-order valence-corrected chi connectivity index (χ0v) is 13.2. The van der Waals surface area contributed by atoms with Crippen molar-refractivity contribution in [3.05, 3.63) is 29.8 Å². The van der Waals surface area contributed by atoms with E-state index in [0.717, 1.165) is 12.2 Å². The molecule has 1 aromatic carbocycles. The molecule has 0 aliphatic heterocycles. The highest BCUT2D eigenvalue weighted by Crippen LogP contribution is 2.22. The molecule has 1 atom stereocenters. The first kappa shape index (κ1) is 15.9. The summed E-state index contributed by atoms with van der Waals surface area (Å²) in [6.07, 6.45) is 8.34. The highest BCUT2D eigenvalue weighted by Gasteiger charge is 2.27. The van der Waals surface area contributed by atoms with Gasteiger partial charge in [-0.05, 0) is 37.5 Å². The van der Waals surface area contributed by atoms with Gasteiger partial charge in [-0.1, -0.05) is 37.8 Å². The second-order valence-electron chi connectivity index (χ2n) is 6.30. The number of hydrogen-bond donors (Lipinski definition) is 1. The number of ether oxygens (including phenoxy) is 1. The van der Waals surface area contributed by atoms with Crippen molar-refractivity contribution in [2.45, 2.75) is 63.5 Å². The van der Waals surface area contributed by atoms with Crippen LogP contribution in [0.1, 0.15) is 51.0 Å². The van der Waals surface area contributed by atoms with Crippen molar-refractivity contribution in [1.29, 1.82) is 5.26 Å². The minimum atomic E-state index is -0.496. The second-order valence-corrected chi connectivity index (χ2v) is 6.30. The van der Waals surface area contributed by atoms with Gasteiger partial charge in [-0.2, -0.15) is 5.26 Å². The lowest BCUT2D eigenvalue weighted by Gasteiger charge is -2.29. The van der Waals surface area contributed by atoms with Crippen molar-refractivity contribution in [3.63, 3.8) is 0 Å². The van der Waals surface area contributed by atoms with Crippen LogP contribution in [0, 0.1) is 11.3 Å². The zero-order valence-electron chi connectivity index (χ0n) is 13.2.